The number of likely N-dealkylation sites (tertiary alicyclic amines) is 1. The van der Waals surface area contributed by atoms with E-state index < -0.39 is 5.41 Å². The lowest BCUT2D eigenvalue weighted by atomic mass is 9.68. The minimum atomic E-state index is -0.455. The fraction of sp³-hybridized carbons (Fsp3) is 0.630. The number of carbonyl (C=O) groups excluding carboxylic acids is 2. The highest BCUT2D eigenvalue weighted by Gasteiger charge is 2.49. The summed E-state index contributed by atoms with van der Waals surface area (Å²) in [7, 11) is 0. The van der Waals surface area contributed by atoms with E-state index in [4.69, 9.17) is 4.74 Å². The predicted molar refractivity (Wildman–Crippen MR) is 136 cm³/mol. The van der Waals surface area contributed by atoms with Crippen LogP contribution in [-0.2, 0) is 19.7 Å². The molecule has 2 aliphatic carbocycles. The van der Waals surface area contributed by atoms with Gasteiger partial charge in [0.15, 0.2) is 5.82 Å². The van der Waals surface area contributed by atoms with Crippen molar-refractivity contribution in [3.63, 3.8) is 0 Å². The first-order valence-corrected chi connectivity index (χ1v) is 14.0. The van der Waals surface area contributed by atoms with Crippen LogP contribution in [0.1, 0.15) is 68.4 Å². The Morgan fingerprint density at radius 1 is 1.14 bits per heavy atom. The zero-order chi connectivity index (χ0) is 24.3. The van der Waals surface area contributed by atoms with Gasteiger partial charge in [0.25, 0.3) is 0 Å². The molecule has 0 aromatic carbocycles. The van der Waals surface area contributed by atoms with Crippen LogP contribution in [-0.4, -0.2) is 52.5 Å². The number of rotatable bonds is 6. The molecule has 35 heavy (non-hydrogen) atoms. The number of fused-ring (bicyclic) bond motifs is 1. The number of nitrogens with zero attached hydrogens (tertiary/aromatic N) is 3. The van der Waals surface area contributed by atoms with Crippen molar-refractivity contribution in [2.75, 3.05) is 25.0 Å². The van der Waals surface area contributed by atoms with Crippen molar-refractivity contribution in [3.8, 4) is 0 Å². The van der Waals surface area contributed by atoms with Crippen LogP contribution in [0, 0.1) is 18.8 Å². The van der Waals surface area contributed by atoms with Crippen molar-refractivity contribution in [1.29, 1.82) is 0 Å². The van der Waals surface area contributed by atoms with Crippen molar-refractivity contribution in [3.05, 3.63) is 40.5 Å². The summed E-state index contributed by atoms with van der Waals surface area (Å²) in [6, 6.07) is 4.18. The highest BCUT2D eigenvalue weighted by atomic mass is 32.1. The quantitative estimate of drug-likeness (QED) is 0.460. The third kappa shape index (κ3) is 5.43. The first kappa shape index (κ1) is 24.4. The minimum absolute atomic E-state index is 0.00462. The number of thiophene rings is 1. The minimum Gasteiger partial charge on any atom is -0.461 e. The molecule has 2 saturated carbocycles. The van der Waals surface area contributed by atoms with Gasteiger partial charge < -0.3 is 10.1 Å². The second kappa shape index (κ2) is 10.7. The molecule has 2 aromatic rings. The normalized spacial score (nSPS) is 26.5. The Hall–Kier alpha value is -2.32. The Morgan fingerprint density at radius 3 is 2.66 bits per heavy atom. The highest BCUT2D eigenvalue weighted by molar-refractivity contribution is 7.10. The van der Waals surface area contributed by atoms with Gasteiger partial charge in [-0.05, 0) is 69.5 Å². The maximum atomic E-state index is 13.6. The number of hydrogen-bond donors (Lipinski definition) is 1. The molecule has 8 heteroatoms. The fourth-order valence-corrected chi connectivity index (χ4v) is 7.10. The van der Waals surface area contributed by atoms with E-state index in [9.17, 15) is 9.59 Å². The lowest BCUT2D eigenvalue weighted by molar-refractivity contribution is -0.171. The van der Waals surface area contributed by atoms with Crippen molar-refractivity contribution in [2.24, 2.45) is 11.8 Å². The maximum absolute atomic E-state index is 13.6. The summed E-state index contributed by atoms with van der Waals surface area (Å²) >= 11 is 1.70. The first-order chi connectivity index (χ1) is 17.0. The van der Waals surface area contributed by atoms with Crippen molar-refractivity contribution in [2.45, 2.75) is 76.2 Å². The molecule has 188 valence electrons. The van der Waals surface area contributed by atoms with E-state index in [1.807, 2.05) is 6.92 Å². The average Bonchev–Trinajstić information content (AvgIpc) is 3.20. The molecule has 3 atom stereocenters. The van der Waals surface area contributed by atoms with Gasteiger partial charge in [-0.25, -0.2) is 4.98 Å². The number of carbonyl (C=O) groups is 2. The molecule has 2 aromatic heterocycles. The lowest BCUT2D eigenvalue weighted by Gasteiger charge is -2.44. The number of aryl methyl sites for hydroxylation is 1. The second-order valence-electron chi connectivity index (χ2n) is 10.5. The smallest absolute Gasteiger partial charge is 0.317 e. The average molecular weight is 497 g/mol. The summed E-state index contributed by atoms with van der Waals surface area (Å²) in [5.74, 6) is 1.41. The lowest BCUT2D eigenvalue weighted by Crippen LogP contribution is -2.48. The zero-order valence-electron chi connectivity index (χ0n) is 20.6. The maximum Gasteiger partial charge on any atom is 0.317 e. The summed E-state index contributed by atoms with van der Waals surface area (Å²) in [6.07, 6.45) is 12.6. The molecule has 1 saturated heterocycles. The van der Waals surface area contributed by atoms with Crippen LogP contribution in [0.3, 0.4) is 0 Å². The van der Waals surface area contributed by atoms with Gasteiger partial charge in [0.1, 0.15) is 11.5 Å². The predicted octanol–water partition coefficient (Wildman–Crippen LogP) is 4.72. The number of hydrogen-bond acceptors (Lipinski definition) is 7. The first-order valence-electron chi connectivity index (χ1n) is 13.1. The molecule has 3 heterocycles. The summed E-state index contributed by atoms with van der Waals surface area (Å²) in [4.78, 5) is 38.0. The van der Waals surface area contributed by atoms with Gasteiger partial charge >= 0.3 is 5.97 Å². The number of amides is 1. The van der Waals surface area contributed by atoms with Gasteiger partial charge in [0, 0.05) is 10.8 Å². The van der Waals surface area contributed by atoms with Crippen LogP contribution in [0.5, 0.6) is 0 Å². The molecule has 1 N–H and O–H groups in total. The van der Waals surface area contributed by atoms with Gasteiger partial charge in [0.2, 0.25) is 5.91 Å². The Labute approximate surface area is 211 Å². The third-order valence-electron chi connectivity index (χ3n) is 8.23. The Kier molecular flexibility index (Phi) is 7.48. The van der Waals surface area contributed by atoms with E-state index in [1.165, 1.54) is 17.7 Å². The molecular formula is C27H36N4O3S. The van der Waals surface area contributed by atoms with E-state index in [0.717, 1.165) is 63.7 Å². The number of ether oxygens (including phenoxy) is 1. The van der Waals surface area contributed by atoms with E-state index in [1.54, 1.807) is 23.7 Å². The molecule has 0 radical (unpaired) electrons. The van der Waals surface area contributed by atoms with Crippen LogP contribution < -0.4 is 5.32 Å². The molecule has 3 aliphatic rings. The number of aromatic nitrogens is 2. The molecule has 1 aliphatic heterocycles. The van der Waals surface area contributed by atoms with E-state index in [2.05, 4.69) is 37.7 Å². The third-order valence-corrected chi connectivity index (χ3v) is 9.30. The van der Waals surface area contributed by atoms with Crippen LogP contribution in [0.4, 0.5) is 5.82 Å². The second-order valence-corrected chi connectivity index (χ2v) is 11.5. The summed E-state index contributed by atoms with van der Waals surface area (Å²) < 4.78 is 6.29. The standard InChI is InChI=1S/C27H36N4O3S/c1-19-16-29-24(17-28-19)30-25(32)18-31-12-8-20-15-22(21(20)9-13-31)34-26(33)27(23-7-6-14-35-23)10-4-2-3-5-11-27/h6-7,14,16-17,20-22H,2-5,8-13,15,18H2,1H3,(H,29,30,32)/t20?,21?,22-/m0/s1. The topological polar surface area (TPSA) is 84.4 Å². The monoisotopic (exact) mass is 496 g/mol. The molecule has 3 fully saturated rings. The van der Waals surface area contributed by atoms with Crippen LogP contribution in [0.15, 0.2) is 29.9 Å². The van der Waals surface area contributed by atoms with Gasteiger partial charge in [-0.15, -0.1) is 11.3 Å². The van der Waals surface area contributed by atoms with Crippen molar-refractivity contribution < 1.29 is 14.3 Å². The highest BCUT2D eigenvalue weighted by Crippen LogP contribution is 2.47. The molecule has 5 rings (SSSR count). The molecule has 7 nitrogen and oxygen atoms in total. The van der Waals surface area contributed by atoms with E-state index >= 15 is 0 Å². The van der Waals surface area contributed by atoms with E-state index in [-0.39, 0.29) is 18.0 Å². The van der Waals surface area contributed by atoms with Crippen LogP contribution >= 0.6 is 11.3 Å². The Bertz CT molecular complexity index is 1000. The SMILES string of the molecule is Cc1cnc(NC(=O)CN2CCC3C[C@H](OC(=O)C4(c5cccs5)CCCCCC4)C3CC2)cn1. The Morgan fingerprint density at radius 2 is 1.94 bits per heavy atom. The molecular weight excluding hydrogens is 460 g/mol. The van der Waals surface area contributed by atoms with Gasteiger partial charge in [-0.2, -0.15) is 0 Å². The number of esters is 1. The molecule has 0 spiro atoms. The van der Waals surface area contributed by atoms with Crippen LogP contribution in [0.2, 0.25) is 0 Å². The summed E-state index contributed by atoms with van der Waals surface area (Å²) in [5.41, 5.74) is 0.366. The van der Waals surface area contributed by atoms with Crippen LogP contribution in [0.25, 0.3) is 0 Å². The largest absolute Gasteiger partial charge is 0.461 e. The zero-order valence-corrected chi connectivity index (χ0v) is 21.4. The van der Waals surface area contributed by atoms with E-state index in [0.29, 0.717) is 24.2 Å². The van der Waals surface area contributed by atoms with Gasteiger partial charge in [-0.1, -0.05) is 31.7 Å². The van der Waals surface area contributed by atoms with Crippen molar-refractivity contribution in [1.82, 2.24) is 14.9 Å². The number of anilines is 1. The molecule has 0 bridgehead atoms. The van der Waals surface area contributed by atoms with Gasteiger partial charge in [-0.3, -0.25) is 19.5 Å². The van der Waals surface area contributed by atoms with Gasteiger partial charge in [0.05, 0.1) is 24.6 Å². The Balaban J connectivity index is 1.16. The van der Waals surface area contributed by atoms with Crippen molar-refractivity contribution >= 4 is 29.0 Å². The summed E-state index contributed by atoms with van der Waals surface area (Å²) in [6.45, 7) is 3.96. The number of nitrogens with one attached hydrogen (secondary N) is 1. The molecule has 1 amide bonds. The summed E-state index contributed by atoms with van der Waals surface area (Å²) in [5, 5.41) is 4.93. The molecule has 2 unspecified atom stereocenters. The fourth-order valence-electron chi connectivity index (χ4n) is 6.12.